The highest BCUT2D eigenvalue weighted by Gasteiger charge is 2.16. The van der Waals surface area contributed by atoms with Crippen molar-refractivity contribution in [1.29, 1.82) is 0 Å². The van der Waals surface area contributed by atoms with Crippen LogP contribution in [0.1, 0.15) is 27.7 Å². The number of benzene rings is 1. The number of halogens is 1. The summed E-state index contributed by atoms with van der Waals surface area (Å²) in [6, 6.07) is 4.17. The van der Waals surface area contributed by atoms with Gasteiger partial charge in [0.05, 0.1) is 0 Å². The number of anilines is 1. The molecule has 94 valence electrons. The summed E-state index contributed by atoms with van der Waals surface area (Å²) in [6.45, 7) is 5.07. The van der Waals surface area contributed by atoms with Crippen LogP contribution in [0.5, 0.6) is 0 Å². The summed E-state index contributed by atoms with van der Waals surface area (Å²) in [5.41, 5.74) is 1.46. The molecule has 0 aliphatic heterocycles. The smallest absolute Gasteiger partial charge is 0.277 e. The average molecular weight is 248 g/mol. The lowest BCUT2D eigenvalue weighted by molar-refractivity contribution is 0.102. The van der Waals surface area contributed by atoms with Crippen LogP contribution in [0.15, 0.2) is 22.6 Å². The maximum Gasteiger partial charge on any atom is 0.277 e. The van der Waals surface area contributed by atoms with Gasteiger partial charge in [0.2, 0.25) is 0 Å². The van der Waals surface area contributed by atoms with Gasteiger partial charge >= 0.3 is 0 Å². The second-order valence-corrected chi connectivity index (χ2v) is 4.05. The van der Waals surface area contributed by atoms with Gasteiger partial charge in [0.1, 0.15) is 11.6 Å². The highest BCUT2D eigenvalue weighted by molar-refractivity contribution is 6.03. The minimum absolute atomic E-state index is 0.247. The van der Waals surface area contributed by atoms with Crippen LogP contribution in [0.2, 0.25) is 0 Å². The van der Waals surface area contributed by atoms with Gasteiger partial charge < -0.3 is 9.73 Å². The Morgan fingerprint density at radius 2 is 2.06 bits per heavy atom. The van der Waals surface area contributed by atoms with Crippen molar-refractivity contribution in [2.75, 3.05) is 5.32 Å². The van der Waals surface area contributed by atoms with Crippen molar-refractivity contribution in [3.63, 3.8) is 0 Å². The number of rotatable bonds is 2. The van der Waals surface area contributed by atoms with Crippen LogP contribution in [0, 0.1) is 26.6 Å². The third-order valence-electron chi connectivity index (χ3n) is 2.56. The van der Waals surface area contributed by atoms with Crippen LogP contribution in [0.4, 0.5) is 10.1 Å². The molecule has 2 rings (SSSR count). The number of carbonyl (C=O) groups is 1. The van der Waals surface area contributed by atoms with E-state index < -0.39 is 0 Å². The van der Waals surface area contributed by atoms with Crippen LogP contribution in [-0.2, 0) is 0 Å². The standard InChI is InChI=1S/C13H13FN2O2/c1-7-6-10(14)4-5-11(7)16-13(17)12-8(2)18-9(3)15-12/h4-6H,1-3H3,(H,16,17). The van der Waals surface area contributed by atoms with Gasteiger partial charge in [-0.2, -0.15) is 0 Å². The Morgan fingerprint density at radius 3 is 2.61 bits per heavy atom. The minimum atomic E-state index is -0.362. The molecule has 5 heteroatoms. The van der Waals surface area contributed by atoms with Gasteiger partial charge in [-0.05, 0) is 37.6 Å². The Morgan fingerprint density at radius 1 is 1.33 bits per heavy atom. The fraction of sp³-hybridized carbons (Fsp3) is 0.231. The van der Waals surface area contributed by atoms with Crippen LogP contribution < -0.4 is 5.32 Å². The Kier molecular flexibility index (Phi) is 3.14. The lowest BCUT2D eigenvalue weighted by Gasteiger charge is -2.06. The van der Waals surface area contributed by atoms with E-state index in [9.17, 15) is 9.18 Å². The van der Waals surface area contributed by atoms with Crippen LogP contribution in [0.3, 0.4) is 0 Å². The van der Waals surface area contributed by atoms with Gasteiger partial charge in [-0.25, -0.2) is 9.37 Å². The van der Waals surface area contributed by atoms with E-state index in [0.29, 0.717) is 22.9 Å². The lowest BCUT2D eigenvalue weighted by atomic mass is 10.2. The largest absolute Gasteiger partial charge is 0.445 e. The zero-order valence-corrected chi connectivity index (χ0v) is 10.4. The fourth-order valence-electron chi connectivity index (χ4n) is 1.69. The first-order valence-corrected chi connectivity index (χ1v) is 5.49. The molecule has 0 radical (unpaired) electrons. The Labute approximate surface area is 104 Å². The topological polar surface area (TPSA) is 55.1 Å². The maximum absolute atomic E-state index is 12.9. The molecule has 1 heterocycles. The SMILES string of the molecule is Cc1nc(C(=O)Nc2ccc(F)cc2C)c(C)o1. The van der Waals surface area contributed by atoms with E-state index in [1.807, 2.05) is 0 Å². The van der Waals surface area contributed by atoms with Crippen LogP contribution in [0.25, 0.3) is 0 Å². The fourth-order valence-corrected chi connectivity index (χ4v) is 1.69. The number of aryl methyl sites for hydroxylation is 3. The molecule has 1 amide bonds. The van der Waals surface area contributed by atoms with Crippen molar-refractivity contribution in [2.45, 2.75) is 20.8 Å². The van der Waals surface area contributed by atoms with Gasteiger partial charge in [0.15, 0.2) is 11.6 Å². The summed E-state index contributed by atoms with van der Waals surface area (Å²) in [7, 11) is 0. The van der Waals surface area contributed by atoms with Crippen LogP contribution in [-0.4, -0.2) is 10.9 Å². The van der Waals surface area contributed by atoms with E-state index in [4.69, 9.17) is 4.42 Å². The van der Waals surface area contributed by atoms with Crippen molar-refractivity contribution in [3.8, 4) is 0 Å². The van der Waals surface area contributed by atoms with Gasteiger partial charge in [0, 0.05) is 12.6 Å². The third-order valence-corrected chi connectivity index (χ3v) is 2.56. The number of nitrogens with zero attached hydrogens (tertiary/aromatic N) is 1. The summed E-state index contributed by atoms with van der Waals surface area (Å²) < 4.78 is 18.1. The molecule has 0 atom stereocenters. The van der Waals surface area contributed by atoms with E-state index in [1.165, 1.54) is 18.2 Å². The summed E-state index contributed by atoms with van der Waals surface area (Å²) in [6.07, 6.45) is 0. The third kappa shape index (κ3) is 2.40. The molecule has 0 saturated heterocycles. The molecular weight excluding hydrogens is 235 g/mol. The number of nitrogens with one attached hydrogen (secondary N) is 1. The summed E-state index contributed by atoms with van der Waals surface area (Å²) in [5, 5.41) is 2.68. The normalized spacial score (nSPS) is 10.4. The van der Waals surface area contributed by atoms with Gasteiger partial charge in [0.25, 0.3) is 5.91 Å². The molecule has 0 fully saturated rings. The number of carbonyl (C=O) groups excluding carboxylic acids is 1. The average Bonchev–Trinajstić information content (AvgIpc) is 2.62. The Balaban J connectivity index is 2.24. The predicted octanol–water partition coefficient (Wildman–Crippen LogP) is 2.99. The number of amides is 1. The van der Waals surface area contributed by atoms with E-state index >= 15 is 0 Å². The molecule has 4 nitrogen and oxygen atoms in total. The number of hydrogen-bond donors (Lipinski definition) is 1. The number of hydrogen-bond acceptors (Lipinski definition) is 3. The molecule has 1 N–H and O–H groups in total. The molecule has 0 aliphatic carbocycles. The van der Waals surface area contributed by atoms with Crippen molar-refractivity contribution in [2.24, 2.45) is 0 Å². The van der Waals surface area contributed by atoms with E-state index in [1.54, 1.807) is 20.8 Å². The van der Waals surface area contributed by atoms with E-state index in [2.05, 4.69) is 10.3 Å². The van der Waals surface area contributed by atoms with Crippen molar-refractivity contribution < 1.29 is 13.6 Å². The van der Waals surface area contributed by atoms with Crippen molar-refractivity contribution >= 4 is 11.6 Å². The molecular formula is C13H13FN2O2. The quantitative estimate of drug-likeness (QED) is 0.888. The molecule has 18 heavy (non-hydrogen) atoms. The van der Waals surface area contributed by atoms with Crippen molar-refractivity contribution in [1.82, 2.24) is 4.98 Å². The van der Waals surface area contributed by atoms with Gasteiger partial charge in [-0.1, -0.05) is 0 Å². The van der Waals surface area contributed by atoms with Gasteiger partial charge in [-0.15, -0.1) is 0 Å². The zero-order chi connectivity index (χ0) is 13.3. The second-order valence-electron chi connectivity index (χ2n) is 4.05. The molecule has 2 aromatic rings. The highest BCUT2D eigenvalue weighted by Crippen LogP contribution is 2.17. The first-order valence-electron chi connectivity index (χ1n) is 5.49. The number of aromatic nitrogens is 1. The van der Waals surface area contributed by atoms with Crippen molar-refractivity contribution in [3.05, 3.63) is 46.9 Å². The summed E-state index contributed by atoms with van der Waals surface area (Å²) >= 11 is 0. The summed E-state index contributed by atoms with van der Waals surface area (Å²) in [5.74, 6) is 0.205. The zero-order valence-electron chi connectivity index (χ0n) is 10.4. The molecule has 1 aromatic carbocycles. The summed E-state index contributed by atoms with van der Waals surface area (Å²) in [4.78, 5) is 16.0. The lowest BCUT2D eigenvalue weighted by Crippen LogP contribution is -2.14. The Hall–Kier alpha value is -2.17. The molecule has 0 saturated carbocycles. The molecule has 0 bridgehead atoms. The first kappa shape index (κ1) is 12.3. The van der Waals surface area contributed by atoms with Gasteiger partial charge in [-0.3, -0.25) is 4.79 Å². The van der Waals surface area contributed by atoms with E-state index in [-0.39, 0.29) is 17.4 Å². The molecule has 1 aromatic heterocycles. The first-order chi connectivity index (χ1) is 8.47. The maximum atomic E-state index is 12.9. The minimum Gasteiger partial charge on any atom is -0.445 e. The molecule has 0 unspecified atom stereocenters. The predicted molar refractivity (Wildman–Crippen MR) is 65.1 cm³/mol. The Bertz CT molecular complexity index is 605. The number of oxazole rings is 1. The monoisotopic (exact) mass is 248 g/mol. The van der Waals surface area contributed by atoms with E-state index in [0.717, 1.165) is 0 Å². The highest BCUT2D eigenvalue weighted by atomic mass is 19.1. The molecule has 0 aliphatic rings. The second kappa shape index (κ2) is 4.60. The van der Waals surface area contributed by atoms with Crippen LogP contribution >= 0.6 is 0 Å². The molecule has 0 spiro atoms.